The number of hydrogen-bond donors (Lipinski definition) is 0. The van der Waals surface area contributed by atoms with Gasteiger partial charge < -0.3 is 19.1 Å². The zero-order valence-electron chi connectivity index (χ0n) is 14.2. The standard InChI is InChI=1S/C17H22N4O3/c1-12-8-9-20(3)14-6-4-5-7-15(14)21(12)17(22)11-23-10-16-18-13(2)19-24-16/h4-7,12H,8-11H2,1-3H3/t12-/m0/s1. The maximum absolute atomic E-state index is 12.7. The van der Waals surface area contributed by atoms with Gasteiger partial charge in [-0.2, -0.15) is 4.98 Å². The first-order chi connectivity index (χ1) is 11.6. The highest BCUT2D eigenvalue weighted by atomic mass is 16.5. The largest absolute Gasteiger partial charge is 0.373 e. The maximum atomic E-state index is 12.7. The molecule has 0 saturated carbocycles. The molecular weight excluding hydrogens is 308 g/mol. The number of nitrogens with zero attached hydrogens (tertiary/aromatic N) is 4. The second-order valence-corrected chi connectivity index (χ2v) is 6.04. The van der Waals surface area contributed by atoms with Crippen molar-refractivity contribution in [3.63, 3.8) is 0 Å². The van der Waals surface area contributed by atoms with Crippen molar-refractivity contribution >= 4 is 17.3 Å². The number of anilines is 2. The fourth-order valence-electron chi connectivity index (χ4n) is 2.93. The van der Waals surface area contributed by atoms with Crippen LogP contribution in [0.3, 0.4) is 0 Å². The molecule has 1 amide bonds. The topological polar surface area (TPSA) is 71.7 Å². The Hall–Kier alpha value is -2.41. The summed E-state index contributed by atoms with van der Waals surface area (Å²) in [5.74, 6) is 0.865. The van der Waals surface area contributed by atoms with Crippen LogP contribution in [0.25, 0.3) is 0 Å². The molecule has 0 bridgehead atoms. The number of hydrogen-bond acceptors (Lipinski definition) is 6. The van der Waals surface area contributed by atoms with Crippen molar-refractivity contribution in [2.45, 2.75) is 32.9 Å². The molecule has 1 aromatic carbocycles. The van der Waals surface area contributed by atoms with Crippen LogP contribution in [0.5, 0.6) is 0 Å². The van der Waals surface area contributed by atoms with E-state index in [0.29, 0.717) is 11.7 Å². The summed E-state index contributed by atoms with van der Waals surface area (Å²) in [6.07, 6.45) is 0.903. The van der Waals surface area contributed by atoms with E-state index in [1.165, 1.54) is 0 Å². The molecule has 0 unspecified atom stereocenters. The number of carbonyl (C=O) groups excluding carboxylic acids is 1. The van der Waals surface area contributed by atoms with E-state index in [1.54, 1.807) is 6.92 Å². The zero-order chi connectivity index (χ0) is 17.1. The van der Waals surface area contributed by atoms with Crippen molar-refractivity contribution in [1.29, 1.82) is 0 Å². The molecule has 0 radical (unpaired) electrons. The van der Waals surface area contributed by atoms with E-state index in [2.05, 4.69) is 22.0 Å². The van der Waals surface area contributed by atoms with Gasteiger partial charge in [0.1, 0.15) is 13.2 Å². The molecular formula is C17H22N4O3. The molecule has 1 atom stereocenters. The van der Waals surface area contributed by atoms with Gasteiger partial charge in [0.05, 0.1) is 11.4 Å². The molecule has 3 rings (SSSR count). The number of para-hydroxylation sites is 2. The molecule has 7 nitrogen and oxygen atoms in total. The highest BCUT2D eigenvalue weighted by molar-refractivity contribution is 5.98. The van der Waals surface area contributed by atoms with Crippen molar-refractivity contribution in [3.8, 4) is 0 Å². The molecule has 2 aromatic rings. The Balaban J connectivity index is 1.71. The van der Waals surface area contributed by atoms with Crippen molar-refractivity contribution in [1.82, 2.24) is 10.1 Å². The third-order valence-electron chi connectivity index (χ3n) is 4.16. The van der Waals surface area contributed by atoms with E-state index in [-0.39, 0.29) is 25.2 Å². The van der Waals surface area contributed by atoms with Crippen LogP contribution in [0.4, 0.5) is 11.4 Å². The number of aromatic nitrogens is 2. The number of aryl methyl sites for hydroxylation is 1. The lowest BCUT2D eigenvalue weighted by atomic mass is 10.2. The Kier molecular flexibility index (Phi) is 4.80. The fraction of sp³-hybridized carbons (Fsp3) is 0.471. The Morgan fingerprint density at radius 1 is 1.38 bits per heavy atom. The summed E-state index contributed by atoms with van der Waals surface area (Å²) in [5.41, 5.74) is 1.98. The number of rotatable bonds is 4. The van der Waals surface area contributed by atoms with Crippen LogP contribution >= 0.6 is 0 Å². The van der Waals surface area contributed by atoms with Crippen molar-refractivity contribution in [3.05, 3.63) is 36.0 Å². The first-order valence-corrected chi connectivity index (χ1v) is 8.05. The summed E-state index contributed by atoms with van der Waals surface area (Å²) in [6, 6.07) is 8.07. The second kappa shape index (κ2) is 7.00. The predicted molar refractivity (Wildman–Crippen MR) is 90.0 cm³/mol. The molecule has 0 spiro atoms. The van der Waals surface area contributed by atoms with Crippen LogP contribution in [0.2, 0.25) is 0 Å². The van der Waals surface area contributed by atoms with Gasteiger partial charge in [-0.05, 0) is 32.4 Å². The van der Waals surface area contributed by atoms with Crippen molar-refractivity contribution in [2.75, 3.05) is 30.0 Å². The van der Waals surface area contributed by atoms with E-state index in [9.17, 15) is 4.79 Å². The van der Waals surface area contributed by atoms with Gasteiger partial charge in [-0.3, -0.25) is 4.79 Å². The normalized spacial score (nSPS) is 17.5. The minimum absolute atomic E-state index is 0.0240. The smallest absolute Gasteiger partial charge is 0.253 e. The van der Waals surface area contributed by atoms with Gasteiger partial charge in [0.2, 0.25) is 0 Å². The SMILES string of the molecule is Cc1noc(COCC(=O)N2c3ccccc3N(C)CC[C@@H]2C)n1. The molecule has 0 fully saturated rings. The quantitative estimate of drug-likeness (QED) is 0.855. The summed E-state index contributed by atoms with van der Waals surface area (Å²) in [4.78, 5) is 20.8. The molecule has 0 N–H and O–H groups in total. The lowest BCUT2D eigenvalue weighted by molar-refractivity contribution is -0.124. The highest BCUT2D eigenvalue weighted by Crippen LogP contribution is 2.33. The second-order valence-electron chi connectivity index (χ2n) is 6.04. The Labute approximate surface area is 141 Å². The van der Waals surface area contributed by atoms with E-state index in [4.69, 9.17) is 9.26 Å². The van der Waals surface area contributed by atoms with E-state index in [1.807, 2.05) is 36.2 Å². The zero-order valence-corrected chi connectivity index (χ0v) is 14.2. The Bertz CT molecular complexity index is 715. The molecule has 24 heavy (non-hydrogen) atoms. The van der Waals surface area contributed by atoms with Crippen molar-refractivity contribution < 1.29 is 14.1 Å². The summed E-state index contributed by atoms with van der Waals surface area (Å²) in [5, 5.41) is 3.70. The molecule has 1 aliphatic rings. The molecule has 0 saturated heterocycles. The van der Waals surface area contributed by atoms with Crippen LogP contribution in [0, 0.1) is 6.92 Å². The predicted octanol–water partition coefficient (Wildman–Crippen LogP) is 2.16. The fourth-order valence-corrected chi connectivity index (χ4v) is 2.93. The third-order valence-corrected chi connectivity index (χ3v) is 4.16. The van der Waals surface area contributed by atoms with Crippen LogP contribution in [-0.2, 0) is 16.1 Å². The van der Waals surface area contributed by atoms with Crippen LogP contribution in [-0.4, -0.2) is 42.3 Å². The van der Waals surface area contributed by atoms with Crippen LogP contribution in [0.1, 0.15) is 25.1 Å². The number of fused-ring (bicyclic) bond motifs is 1. The molecule has 7 heteroatoms. The Morgan fingerprint density at radius 3 is 2.83 bits per heavy atom. The van der Waals surface area contributed by atoms with Crippen LogP contribution < -0.4 is 9.80 Å². The lowest BCUT2D eigenvalue weighted by Crippen LogP contribution is -2.40. The van der Waals surface area contributed by atoms with Gasteiger partial charge in [0.25, 0.3) is 11.8 Å². The van der Waals surface area contributed by atoms with E-state index < -0.39 is 0 Å². The lowest BCUT2D eigenvalue weighted by Gasteiger charge is -2.28. The van der Waals surface area contributed by atoms with Gasteiger partial charge in [-0.15, -0.1) is 0 Å². The van der Waals surface area contributed by atoms with Gasteiger partial charge >= 0.3 is 0 Å². The number of amides is 1. The monoisotopic (exact) mass is 330 g/mol. The Morgan fingerprint density at radius 2 is 2.12 bits per heavy atom. The number of benzene rings is 1. The maximum Gasteiger partial charge on any atom is 0.253 e. The number of ether oxygens (including phenoxy) is 1. The molecule has 0 aliphatic carbocycles. The number of carbonyl (C=O) groups is 1. The molecule has 128 valence electrons. The average Bonchev–Trinajstić information content (AvgIpc) is 2.93. The minimum atomic E-state index is -0.0681. The summed E-state index contributed by atoms with van der Waals surface area (Å²) in [7, 11) is 2.05. The van der Waals surface area contributed by atoms with Crippen LogP contribution in [0.15, 0.2) is 28.8 Å². The molecule has 1 aliphatic heterocycles. The third kappa shape index (κ3) is 3.41. The van der Waals surface area contributed by atoms with Gasteiger partial charge in [-0.25, -0.2) is 0 Å². The van der Waals surface area contributed by atoms with Crippen molar-refractivity contribution in [2.24, 2.45) is 0 Å². The van der Waals surface area contributed by atoms with Gasteiger partial charge in [0.15, 0.2) is 5.82 Å². The summed E-state index contributed by atoms with van der Waals surface area (Å²) < 4.78 is 10.5. The van der Waals surface area contributed by atoms with E-state index >= 15 is 0 Å². The molecule has 1 aromatic heterocycles. The highest BCUT2D eigenvalue weighted by Gasteiger charge is 2.28. The van der Waals surface area contributed by atoms with E-state index in [0.717, 1.165) is 24.3 Å². The van der Waals surface area contributed by atoms with Gasteiger partial charge in [0, 0.05) is 19.6 Å². The summed E-state index contributed by atoms with van der Waals surface area (Å²) >= 11 is 0. The average molecular weight is 330 g/mol. The minimum Gasteiger partial charge on any atom is -0.373 e. The first kappa shape index (κ1) is 16.4. The van der Waals surface area contributed by atoms with Gasteiger partial charge in [-0.1, -0.05) is 17.3 Å². The summed E-state index contributed by atoms with van der Waals surface area (Å²) in [6.45, 7) is 4.82. The first-order valence-electron chi connectivity index (χ1n) is 8.05. The molecule has 2 heterocycles.